The summed E-state index contributed by atoms with van der Waals surface area (Å²) in [6, 6.07) is 9.92. The number of nitrogens with zero attached hydrogens (tertiary/aromatic N) is 2. The van der Waals surface area contributed by atoms with Gasteiger partial charge in [0.15, 0.2) is 0 Å². The highest BCUT2D eigenvalue weighted by Gasteiger charge is 2.31. The van der Waals surface area contributed by atoms with Crippen LogP contribution in [0.25, 0.3) is 0 Å². The lowest BCUT2D eigenvalue weighted by Crippen LogP contribution is -2.53. The second kappa shape index (κ2) is 4.36. The smallest absolute Gasteiger partial charge is 0.0607 e. The van der Waals surface area contributed by atoms with Gasteiger partial charge in [0.2, 0.25) is 0 Å². The van der Waals surface area contributed by atoms with Crippen molar-refractivity contribution in [1.82, 2.24) is 0 Å². The predicted molar refractivity (Wildman–Crippen MR) is 71.4 cm³/mol. The largest absolute Gasteiger partial charge is 0.365 e. The summed E-state index contributed by atoms with van der Waals surface area (Å²) >= 11 is 0. The number of para-hydroxylation sites is 2. The summed E-state index contributed by atoms with van der Waals surface area (Å²) in [6.45, 7) is 11.3. The first-order valence-electron chi connectivity index (χ1n) is 6.33. The number of benzene rings is 1. The van der Waals surface area contributed by atoms with Crippen molar-refractivity contribution < 1.29 is 0 Å². The Morgan fingerprint density at radius 2 is 1.25 bits per heavy atom. The van der Waals surface area contributed by atoms with E-state index in [9.17, 15) is 0 Å². The van der Waals surface area contributed by atoms with E-state index in [0.29, 0.717) is 12.1 Å². The molecule has 0 saturated carbocycles. The number of hydrogen-bond donors (Lipinski definition) is 0. The molecule has 16 heavy (non-hydrogen) atoms. The van der Waals surface area contributed by atoms with Crippen LogP contribution in [0, 0.1) is 0 Å². The molecule has 0 saturated heterocycles. The average molecular weight is 218 g/mol. The molecule has 1 aliphatic heterocycles. The van der Waals surface area contributed by atoms with Crippen molar-refractivity contribution in [1.29, 1.82) is 0 Å². The predicted octanol–water partition coefficient (Wildman–Crippen LogP) is 3.13. The van der Waals surface area contributed by atoms with E-state index in [0.717, 1.165) is 13.1 Å². The van der Waals surface area contributed by atoms with E-state index in [1.54, 1.807) is 0 Å². The average Bonchev–Trinajstić information content (AvgIpc) is 2.31. The molecule has 2 heteroatoms. The highest BCUT2D eigenvalue weighted by molar-refractivity contribution is 5.74. The molecule has 0 bridgehead atoms. The minimum absolute atomic E-state index is 0.583. The Balaban J connectivity index is 2.49. The molecule has 1 aromatic carbocycles. The molecule has 1 aromatic rings. The summed E-state index contributed by atoms with van der Waals surface area (Å²) in [5.74, 6) is 0. The van der Waals surface area contributed by atoms with Gasteiger partial charge < -0.3 is 9.80 Å². The van der Waals surface area contributed by atoms with Crippen LogP contribution in [0.2, 0.25) is 0 Å². The van der Waals surface area contributed by atoms with Crippen LogP contribution < -0.4 is 9.80 Å². The van der Waals surface area contributed by atoms with Gasteiger partial charge in [-0.15, -0.1) is 0 Å². The number of likely N-dealkylation sites (N-methyl/N-ethyl adjacent to an activating group) is 2. The van der Waals surface area contributed by atoms with Gasteiger partial charge in [-0.25, -0.2) is 0 Å². The lowest BCUT2D eigenvalue weighted by atomic mass is 10.0. The van der Waals surface area contributed by atoms with Gasteiger partial charge in [0.25, 0.3) is 0 Å². The zero-order valence-electron chi connectivity index (χ0n) is 10.8. The molecule has 1 aliphatic rings. The maximum atomic E-state index is 2.51. The van der Waals surface area contributed by atoms with Crippen LogP contribution in [-0.2, 0) is 0 Å². The molecule has 88 valence electrons. The van der Waals surface area contributed by atoms with Crippen LogP contribution in [0.15, 0.2) is 24.3 Å². The number of rotatable bonds is 2. The van der Waals surface area contributed by atoms with Crippen molar-refractivity contribution >= 4 is 11.4 Å². The van der Waals surface area contributed by atoms with E-state index in [1.807, 2.05) is 0 Å². The van der Waals surface area contributed by atoms with Gasteiger partial charge in [-0.1, -0.05) is 12.1 Å². The third-order valence-electron chi connectivity index (χ3n) is 3.86. The van der Waals surface area contributed by atoms with Gasteiger partial charge in [-0.2, -0.15) is 0 Å². The Morgan fingerprint density at radius 3 is 1.56 bits per heavy atom. The molecular weight excluding hydrogens is 196 g/mol. The monoisotopic (exact) mass is 218 g/mol. The molecule has 0 aliphatic carbocycles. The normalized spacial score (nSPS) is 24.5. The van der Waals surface area contributed by atoms with Crippen molar-refractivity contribution in [3.8, 4) is 0 Å². The Morgan fingerprint density at radius 1 is 0.875 bits per heavy atom. The van der Waals surface area contributed by atoms with Crippen molar-refractivity contribution in [3.05, 3.63) is 24.3 Å². The zero-order valence-corrected chi connectivity index (χ0v) is 10.8. The standard InChI is InChI=1S/C14H22N2/c1-5-15-11(3)12(4)16(6-2)14-10-8-7-9-13(14)15/h7-12H,5-6H2,1-4H3. The van der Waals surface area contributed by atoms with Crippen LogP contribution in [-0.4, -0.2) is 25.2 Å². The minimum atomic E-state index is 0.583. The second-order valence-corrected chi connectivity index (χ2v) is 4.54. The maximum Gasteiger partial charge on any atom is 0.0607 e. The summed E-state index contributed by atoms with van der Waals surface area (Å²) in [6.07, 6.45) is 0. The SMILES string of the molecule is CCN1c2ccccc2N(CC)C(C)C1C. The molecule has 2 unspecified atom stereocenters. The van der Waals surface area contributed by atoms with Gasteiger partial charge in [-0.05, 0) is 39.8 Å². The number of anilines is 2. The fourth-order valence-electron chi connectivity index (χ4n) is 2.83. The second-order valence-electron chi connectivity index (χ2n) is 4.54. The first-order chi connectivity index (χ1) is 7.70. The minimum Gasteiger partial charge on any atom is -0.365 e. The van der Waals surface area contributed by atoms with Crippen LogP contribution in [0.3, 0.4) is 0 Å². The molecule has 2 nitrogen and oxygen atoms in total. The molecule has 0 aromatic heterocycles. The van der Waals surface area contributed by atoms with E-state index in [4.69, 9.17) is 0 Å². The van der Waals surface area contributed by atoms with Crippen LogP contribution >= 0.6 is 0 Å². The Bertz CT molecular complexity index is 327. The van der Waals surface area contributed by atoms with E-state index < -0.39 is 0 Å². The lowest BCUT2D eigenvalue weighted by molar-refractivity contribution is 0.496. The van der Waals surface area contributed by atoms with Crippen LogP contribution in [0.1, 0.15) is 27.7 Å². The Kier molecular flexibility index (Phi) is 3.08. The third kappa shape index (κ3) is 1.57. The summed E-state index contributed by atoms with van der Waals surface area (Å²) < 4.78 is 0. The van der Waals surface area contributed by atoms with Gasteiger partial charge >= 0.3 is 0 Å². The fraction of sp³-hybridized carbons (Fsp3) is 0.571. The quantitative estimate of drug-likeness (QED) is 0.752. The summed E-state index contributed by atoms with van der Waals surface area (Å²) in [5, 5.41) is 0. The fourth-order valence-corrected chi connectivity index (χ4v) is 2.83. The van der Waals surface area contributed by atoms with Gasteiger partial charge in [-0.3, -0.25) is 0 Å². The summed E-state index contributed by atoms with van der Waals surface area (Å²) in [5.41, 5.74) is 2.77. The first kappa shape index (κ1) is 11.3. The number of fused-ring (bicyclic) bond motifs is 1. The van der Waals surface area contributed by atoms with E-state index >= 15 is 0 Å². The van der Waals surface area contributed by atoms with Gasteiger partial charge in [0, 0.05) is 25.2 Å². The molecule has 0 fully saturated rings. The highest BCUT2D eigenvalue weighted by Crippen LogP contribution is 2.37. The Hall–Kier alpha value is -1.18. The van der Waals surface area contributed by atoms with Crippen molar-refractivity contribution in [3.63, 3.8) is 0 Å². The van der Waals surface area contributed by atoms with E-state index in [1.165, 1.54) is 11.4 Å². The van der Waals surface area contributed by atoms with Gasteiger partial charge in [0.1, 0.15) is 0 Å². The molecule has 1 heterocycles. The number of hydrogen-bond acceptors (Lipinski definition) is 2. The van der Waals surface area contributed by atoms with Crippen molar-refractivity contribution in [2.75, 3.05) is 22.9 Å². The molecule has 0 spiro atoms. The third-order valence-corrected chi connectivity index (χ3v) is 3.86. The summed E-state index contributed by atoms with van der Waals surface area (Å²) in [7, 11) is 0. The van der Waals surface area contributed by atoms with E-state index in [2.05, 4.69) is 61.8 Å². The van der Waals surface area contributed by atoms with Crippen molar-refractivity contribution in [2.24, 2.45) is 0 Å². The van der Waals surface area contributed by atoms with Crippen LogP contribution in [0.5, 0.6) is 0 Å². The maximum absolute atomic E-state index is 2.51. The Labute approximate surface area is 98.9 Å². The summed E-state index contributed by atoms with van der Waals surface area (Å²) in [4.78, 5) is 5.01. The zero-order chi connectivity index (χ0) is 11.7. The molecule has 2 rings (SSSR count). The molecule has 2 atom stereocenters. The topological polar surface area (TPSA) is 6.48 Å². The molecule has 0 radical (unpaired) electrons. The van der Waals surface area contributed by atoms with E-state index in [-0.39, 0.29) is 0 Å². The van der Waals surface area contributed by atoms with Gasteiger partial charge in [0.05, 0.1) is 11.4 Å². The molecule has 0 N–H and O–H groups in total. The lowest BCUT2D eigenvalue weighted by Gasteiger charge is -2.47. The van der Waals surface area contributed by atoms with Crippen molar-refractivity contribution in [2.45, 2.75) is 39.8 Å². The van der Waals surface area contributed by atoms with Crippen LogP contribution in [0.4, 0.5) is 11.4 Å². The highest BCUT2D eigenvalue weighted by atomic mass is 15.3. The first-order valence-corrected chi connectivity index (χ1v) is 6.33. The molecular formula is C14H22N2. The molecule has 0 amide bonds.